The molecule has 4 nitrogen and oxygen atoms in total. The smallest absolute Gasteiger partial charge is 0.260 e. The van der Waals surface area contributed by atoms with E-state index >= 15 is 0 Å². The Morgan fingerprint density at radius 2 is 1.75 bits per heavy atom. The van der Waals surface area contributed by atoms with Crippen LogP contribution in [0, 0.1) is 6.92 Å². The average molecular weight is 401 g/mol. The molecule has 0 aromatic heterocycles. The molecule has 1 aliphatic heterocycles. The van der Waals surface area contributed by atoms with E-state index in [0.29, 0.717) is 5.92 Å². The van der Waals surface area contributed by atoms with E-state index in [1.54, 1.807) is 0 Å². The van der Waals surface area contributed by atoms with Crippen molar-refractivity contribution in [2.24, 2.45) is 0 Å². The number of ether oxygens (including phenoxy) is 1. The SMILES string of the molecule is Cc1ccc(C(C)C)c(OCC(=O)N2CCN(Cc3ccc(Cl)cc3)CC2)c1. The van der Waals surface area contributed by atoms with Crippen LogP contribution in [0.15, 0.2) is 42.5 Å². The van der Waals surface area contributed by atoms with Gasteiger partial charge in [-0.3, -0.25) is 9.69 Å². The Kier molecular flexibility index (Phi) is 6.97. The van der Waals surface area contributed by atoms with Gasteiger partial charge in [-0.05, 0) is 47.7 Å². The summed E-state index contributed by atoms with van der Waals surface area (Å²) >= 11 is 5.95. The van der Waals surface area contributed by atoms with Gasteiger partial charge in [-0.1, -0.05) is 49.7 Å². The molecule has 1 heterocycles. The molecule has 1 fully saturated rings. The number of aryl methyl sites for hydroxylation is 1. The highest BCUT2D eigenvalue weighted by Crippen LogP contribution is 2.27. The molecule has 0 aliphatic carbocycles. The van der Waals surface area contributed by atoms with E-state index in [9.17, 15) is 4.79 Å². The minimum absolute atomic E-state index is 0.0577. The molecule has 2 aromatic rings. The van der Waals surface area contributed by atoms with Crippen molar-refractivity contribution in [2.45, 2.75) is 33.2 Å². The fourth-order valence-electron chi connectivity index (χ4n) is 3.48. The van der Waals surface area contributed by atoms with E-state index < -0.39 is 0 Å². The number of hydrogen-bond acceptors (Lipinski definition) is 3. The minimum Gasteiger partial charge on any atom is -0.483 e. The third kappa shape index (κ3) is 5.49. The first-order valence-corrected chi connectivity index (χ1v) is 10.3. The number of carbonyl (C=O) groups excluding carboxylic acids is 1. The highest BCUT2D eigenvalue weighted by Gasteiger charge is 2.22. The number of nitrogens with zero attached hydrogens (tertiary/aromatic N) is 2. The van der Waals surface area contributed by atoms with Gasteiger partial charge in [0.25, 0.3) is 5.91 Å². The maximum Gasteiger partial charge on any atom is 0.260 e. The first-order chi connectivity index (χ1) is 13.4. The van der Waals surface area contributed by atoms with Crippen LogP contribution in [0.4, 0.5) is 0 Å². The zero-order valence-corrected chi connectivity index (χ0v) is 17.7. The summed E-state index contributed by atoms with van der Waals surface area (Å²) < 4.78 is 5.91. The second-order valence-electron chi connectivity index (χ2n) is 7.77. The maximum absolute atomic E-state index is 12.6. The van der Waals surface area contributed by atoms with Crippen LogP contribution in [-0.4, -0.2) is 48.5 Å². The van der Waals surface area contributed by atoms with Crippen LogP contribution in [0.5, 0.6) is 5.75 Å². The van der Waals surface area contributed by atoms with E-state index in [-0.39, 0.29) is 12.5 Å². The highest BCUT2D eigenvalue weighted by atomic mass is 35.5. The summed E-state index contributed by atoms with van der Waals surface area (Å²) in [5.74, 6) is 1.24. The van der Waals surface area contributed by atoms with Gasteiger partial charge in [-0.25, -0.2) is 0 Å². The molecule has 0 unspecified atom stereocenters. The summed E-state index contributed by atoms with van der Waals surface area (Å²) in [5, 5.41) is 0.758. The normalized spacial score (nSPS) is 15.1. The van der Waals surface area contributed by atoms with Gasteiger partial charge >= 0.3 is 0 Å². The third-order valence-corrected chi connectivity index (χ3v) is 5.44. The fourth-order valence-corrected chi connectivity index (χ4v) is 3.60. The standard InChI is InChI=1S/C23H29ClN2O2/c1-17(2)21-9-4-18(3)14-22(21)28-16-23(27)26-12-10-25(11-13-26)15-19-5-7-20(24)8-6-19/h4-9,14,17H,10-13,15-16H2,1-3H3. The molecule has 0 N–H and O–H groups in total. The molecule has 0 atom stereocenters. The van der Waals surface area contributed by atoms with Crippen molar-refractivity contribution in [3.05, 3.63) is 64.2 Å². The molecule has 1 saturated heterocycles. The highest BCUT2D eigenvalue weighted by molar-refractivity contribution is 6.30. The van der Waals surface area contributed by atoms with Crippen LogP contribution in [-0.2, 0) is 11.3 Å². The third-order valence-electron chi connectivity index (χ3n) is 5.19. The van der Waals surface area contributed by atoms with E-state index in [4.69, 9.17) is 16.3 Å². The Balaban J connectivity index is 1.49. The minimum atomic E-state index is 0.0577. The van der Waals surface area contributed by atoms with Gasteiger partial charge < -0.3 is 9.64 Å². The molecule has 1 amide bonds. The lowest BCUT2D eigenvalue weighted by Gasteiger charge is -2.34. The summed E-state index contributed by atoms with van der Waals surface area (Å²) in [6.45, 7) is 10.5. The second kappa shape index (κ2) is 9.44. The van der Waals surface area contributed by atoms with Gasteiger partial charge in [0, 0.05) is 37.7 Å². The number of halogens is 1. The summed E-state index contributed by atoms with van der Waals surface area (Å²) in [6.07, 6.45) is 0. The molecule has 2 aromatic carbocycles. The zero-order valence-electron chi connectivity index (χ0n) is 17.0. The lowest BCUT2D eigenvalue weighted by molar-refractivity contribution is -0.135. The number of hydrogen-bond donors (Lipinski definition) is 0. The van der Waals surface area contributed by atoms with Crippen molar-refractivity contribution in [2.75, 3.05) is 32.8 Å². The van der Waals surface area contributed by atoms with E-state index in [2.05, 4.69) is 43.0 Å². The van der Waals surface area contributed by atoms with E-state index in [1.165, 1.54) is 5.56 Å². The van der Waals surface area contributed by atoms with Gasteiger partial charge in [0.1, 0.15) is 5.75 Å². The van der Waals surface area contributed by atoms with Gasteiger partial charge in [-0.2, -0.15) is 0 Å². The van der Waals surface area contributed by atoms with E-state index in [0.717, 1.165) is 54.6 Å². The van der Waals surface area contributed by atoms with Crippen LogP contribution in [0.25, 0.3) is 0 Å². The molecular formula is C23H29ClN2O2. The van der Waals surface area contributed by atoms with Crippen molar-refractivity contribution in [1.82, 2.24) is 9.80 Å². The first kappa shape index (κ1) is 20.7. The van der Waals surface area contributed by atoms with Gasteiger partial charge in [0.15, 0.2) is 6.61 Å². The summed E-state index contributed by atoms with van der Waals surface area (Å²) in [7, 11) is 0. The predicted molar refractivity (Wildman–Crippen MR) is 114 cm³/mol. The molecular weight excluding hydrogens is 372 g/mol. The lowest BCUT2D eigenvalue weighted by atomic mass is 10.0. The largest absolute Gasteiger partial charge is 0.483 e. The van der Waals surface area contributed by atoms with Crippen LogP contribution in [0.2, 0.25) is 5.02 Å². The monoisotopic (exact) mass is 400 g/mol. The van der Waals surface area contributed by atoms with Crippen molar-refractivity contribution < 1.29 is 9.53 Å². The van der Waals surface area contributed by atoms with Crippen LogP contribution in [0.1, 0.15) is 36.5 Å². The topological polar surface area (TPSA) is 32.8 Å². The number of piperazine rings is 1. The van der Waals surface area contributed by atoms with Crippen LogP contribution >= 0.6 is 11.6 Å². The molecule has 0 radical (unpaired) electrons. The summed E-state index contributed by atoms with van der Waals surface area (Å²) in [4.78, 5) is 16.9. The molecule has 0 bridgehead atoms. The van der Waals surface area contributed by atoms with Crippen LogP contribution in [0.3, 0.4) is 0 Å². The molecule has 1 aliphatic rings. The Morgan fingerprint density at radius 1 is 1.07 bits per heavy atom. The first-order valence-electron chi connectivity index (χ1n) is 9.90. The van der Waals surface area contributed by atoms with Gasteiger partial charge in [0.05, 0.1) is 0 Å². The number of carbonyl (C=O) groups is 1. The average Bonchev–Trinajstić information content (AvgIpc) is 2.68. The number of amides is 1. The molecule has 28 heavy (non-hydrogen) atoms. The Morgan fingerprint density at radius 3 is 2.39 bits per heavy atom. The van der Waals surface area contributed by atoms with Crippen LogP contribution < -0.4 is 4.74 Å². The molecule has 5 heteroatoms. The summed E-state index contributed by atoms with van der Waals surface area (Å²) in [5.41, 5.74) is 3.53. The van der Waals surface area contributed by atoms with Gasteiger partial charge in [-0.15, -0.1) is 0 Å². The van der Waals surface area contributed by atoms with Crippen molar-refractivity contribution in [1.29, 1.82) is 0 Å². The Bertz CT molecular complexity index is 797. The maximum atomic E-state index is 12.6. The fraction of sp³-hybridized carbons (Fsp3) is 0.435. The number of benzene rings is 2. The van der Waals surface area contributed by atoms with Gasteiger partial charge in [0.2, 0.25) is 0 Å². The predicted octanol–water partition coefficient (Wildman–Crippen LogP) is 4.50. The van der Waals surface area contributed by atoms with Crippen molar-refractivity contribution >= 4 is 17.5 Å². The molecule has 0 spiro atoms. The molecule has 0 saturated carbocycles. The molecule has 3 rings (SSSR count). The second-order valence-corrected chi connectivity index (χ2v) is 8.20. The Hall–Kier alpha value is -2.04. The number of rotatable bonds is 6. The zero-order chi connectivity index (χ0) is 20.1. The van der Waals surface area contributed by atoms with E-state index in [1.807, 2.05) is 30.0 Å². The molecule has 150 valence electrons. The van der Waals surface area contributed by atoms with Crippen molar-refractivity contribution in [3.63, 3.8) is 0 Å². The Labute approximate surface area is 173 Å². The quantitative estimate of drug-likeness (QED) is 0.715. The summed E-state index contributed by atoms with van der Waals surface area (Å²) in [6, 6.07) is 14.2. The lowest BCUT2D eigenvalue weighted by Crippen LogP contribution is -2.49. The van der Waals surface area contributed by atoms with Crippen molar-refractivity contribution in [3.8, 4) is 5.75 Å².